The maximum Gasteiger partial charge on any atom is 0.339 e. The Morgan fingerprint density at radius 2 is 2.21 bits per heavy atom. The number of carbonyl (C=O) groups is 1. The van der Waals surface area contributed by atoms with Crippen LogP contribution in [0, 0.1) is 16.0 Å². The predicted octanol–water partition coefficient (Wildman–Crippen LogP) is 2.86. The summed E-state index contributed by atoms with van der Waals surface area (Å²) in [6, 6.07) is 3.63. The van der Waals surface area contributed by atoms with Crippen molar-refractivity contribution < 1.29 is 19.6 Å². The van der Waals surface area contributed by atoms with E-state index in [1.165, 1.54) is 31.4 Å². The van der Waals surface area contributed by atoms with E-state index in [-0.39, 0.29) is 17.0 Å². The summed E-state index contributed by atoms with van der Waals surface area (Å²) in [6.07, 6.45) is 4.56. The van der Waals surface area contributed by atoms with E-state index in [2.05, 4.69) is 0 Å². The van der Waals surface area contributed by atoms with Gasteiger partial charge in [0.15, 0.2) is 0 Å². The Kier molecular flexibility index (Phi) is 3.99. The predicted molar refractivity (Wildman–Crippen MR) is 67.5 cm³/mol. The molecule has 6 heteroatoms. The molecule has 1 aromatic carbocycles. The largest absolute Gasteiger partial charge is 0.493 e. The van der Waals surface area contributed by atoms with Crippen LogP contribution in [0.4, 0.5) is 5.69 Å². The second kappa shape index (κ2) is 5.69. The molecule has 0 aliphatic heterocycles. The minimum atomic E-state index is -1.22. The molecule has 1 saturated carbocycles. The lowest BCUT2D eigenvalue weighted by Crippen LogP contribution is -2.15. The molecule has 0 saturated heterocycles. The molecular formula is C13H15NO5. The van der Waals surface area contributed by atoms with E-state index in [1.807, 2.05) is 0 Å². The minimum absolute atomic E-state index is 0.164. The quantitative estimate of drug-likeness (QED) is 0.631. The molecule has 0 spiro atoms. The average Bonchev–Trinajstić information content (AvgIpc) is 2.32. The molecule has 0 amide bonds. The molecule has 1 aromatic rings. The fourth-order valence-corrected chi connectivity index (χ4v) is 2.04. The molecule has 19 heavy (non-hydrogen) atoms. The van der Waals surface area contributed by atoms with Crippen molar-refractivity contribution in [1.29, 1.82) is 0 Å². The number of carboxylic acid groups (broad SMARTS) is 1. The van der Waals surface area contributed by atoms with Crippen LogP contribution in [0.5, 0.6) is 5.75 Å². The summed E-state index contributed by atoms with van der Waals surface area (Å²) in [5.74, 6) is -0.355. The highest BCUT2D eigenvalue weighted by atomic mass is 16.6. The van der Waals surface area contributed by atoms with E-state index >= 15 is 0 Å². The molecule has 6 nitrogen and oxygen atoms in total. The van der Waals surface area contributed by atoms with Gasteiger partial charge in [-0.3, -0.25) is 10.1 Å². The van der Waals surface area contributed by atoms with E-state index < -0.39 is 10.9 Å². The van der Waals surface area contributed by atoms with Gasteiger partial charge in [-0.15, -0.1) is 0 Å². The van der Waals surface area contributed by atoms with Gasteiger partial charge < -0.3 is 9.84 Å². The Morgan fingerprint density at radius 1 is 1.47 bits per heavy atom. The average molecular weight is 265 g/mol. The maximum absolute atomic E-state index is 11.1. The van der Waals surface area contributed by atoms with Crippen LogP contribution in [0.25, 0.3) is 0 Å². The first-order valence-corrected chi connectivity index (χ1v) is 6.22. The molecule has 102 valence electrons. The highest BCUT2D eigenvalue weighted by Crippen LogP contribution is 2.30. The monoisotopic (exact) mass is 265 g/mol. The number of hydrogen-bond donors (Lipinski definition) is 1. The first kappa shape index (κ1) is 13.3. The fourth-order valence-electron chi connectivity index (χ4n) is 2.04. The first-order chi connectivity index (χ1) is 9.08. The zero-order chi connectivity index (χ0) is 13.8. The van der Waals surface area contributed by atoms with Gasteiger partial charge in [-0.05, 0) is 18.4 Å². The van der Waals surface area contributed by atoms with Crippen LogP contribution in [-0.2, 0) is 0 Å². The lowest BCUT2D eigenvalue weighted by molar-refractivity contribution is -0.384. The molecule has 0 bridgehead atoms. The Bertz CT molecular complexity index is 496. The van der Waals surface area contributed by atoms with E-state index in [1.54, 1.807) is 0 Å². The van der Waals surface area contributed by atoms with Crippen LogP contribution in [-0.4, -0.2) is 22.6 Å². The van der Waals surface area contributed by atoms with Crippen molar-refractivity contribution in [2.24, 2.45) is 5.92 Å². The maximum atomic E-state index is 11.1. The second-order valence-electron chi connectivity index (χ2n) is 4.68. The molecular weight excluding hydrogens is 250 g/mol. The van der Waals surface area contributed by atoms with Gasteiger partial charge in [0.2, 0.25) is 0 Å². The summed E-state index contributed by atoms with van der Waals surface area (Å²) in [5.41, 5.74) is -0.411. The standard InChI is InChI=1S/C13H15NO5/c15-13(16)11-8-10(14(17)18)4-5-12(11)19-7-6-9-2-1-3-9/h4-5,8-9H,1-3,6-7H2,(H,15,16). The fraction of sp³-hybridized carbons (Fsp3) is 0.462. The van der Waals surface area contributed by atoms with Crippen molar-refractivity contribution in [2.45, 2.75) is 25.7 Å². The molecule has 0 aromatic heterocycles. The van der Waals surface area contributed by atoms with Crippen LogP contribution in [0.3, 0.4) is 0 Å². The summed E-state index contributed by atoms with van der Waals surface area (Å²) in [7, 11) is 0. The Morgan fingerprint density at radius 3 is 2.74 bits per heavy atom. The third kappa shape index (κ3) is 3.21. The minimum Gasteiger partial charge on any atom is -0.493 e. The number of aromatic carboxylic acids is 1. The number of ether oxygens (including phenoxy) is 1. The highest BCUT2D eigenvalue weighted by Gasteiger charge is 2.19. The summed E-state index contributed by atoms with van der Waals surface area (Å²) in [6.45, 7) is 0.447. The van der Waals surface area contributed by atoms with Crippen LogP contribution >= 0.6 is 0 Å². The molecule has 2 rings (SSSR count). The van der Waals surface area contributed by atoms with Crippen molar-refractivity contribution in [3.8, 4) is 5.75 Å². The van der Waals surface area contributed by atoms with Gasteiger partial charge in [0.1, 0.15) is 11.3 Å². The molecule has 1 N–H and O–H groups in total. The normalized spacial score (nSPS) is 14.7. The molecule has 0 unspecified atom stereocenters. The number of nitro groups is 1. The number of nitro benzene ring substituents is 1. The van der Waals surface area contributed by atoms with Gasteiger partial charge in [0.25, 0.3) is 5.69 Å². The van der Waals surface area contributed by atoms with E-state index in [0.717, 1.165) is 12.5 Å². The molecule has 1 aliphatic carbocycles. The Hall–Kier alpha value is -2.11. The van der Waals surface area contributed by atoms with Gasteiger partial charge in [-0.2, -0.15) is 0 Å². The van der Waals surface area contributed by atoms with Gasteiger partial charge in [0.05, 0.1) is 11.5 Å². The molecule has 0 heterocycles. The summed E-state index contributed by atoms with van der Waals surface area (Å²) in [4.78, 5) is 21.0. The van der Waals surface area contributed by atoms with Crippen molar-refractivity contribution in [3.63, 3.8) is 0 Å². The summed E-state index contributed by atoms with van der Waals surface area (Å²) < 4.78 is 5.44. The number of non-ortho nitro benzene ring substituents is 1. The van der Waals surface area contributed by atoms with Crippen LogP contribution < -0.4 is 4.74 Å². The lowest BCUT2D eigenvalue weighted by Gasteiger charge is -2.25. The third-order valence-corrected chi connectivity index (χ3v) is 3.41. The number of hydrogen-bond acceptors (Lipinski definition) is 4. The first-order valence-electron chi connectivity index (χ1n) is 6.22. The topological polar surface area (TPSA) is 89.7 Å². The SMILES string of the molecule is O=C(O)c1cc([N+](=O)[O-])ccc1OCCC1CCC1. The van der Waals surface area contributed by atoms with Crippen molar-refractivity contribution in [2.75, 3.05) is 6.61 Å². The van der Waals surface area contributed by atoms with E-state index in [9.17, 15) is 14.9 Å². The molecule has 1 aliphatic rings. The van der Waals surface area contributed by atoms with Crippen LogP contribution in [0.2, 0.25) is 0 Å². The second-order valence-corrected chi connectivity index (χ2v) is 4.68. The molecule has 0 atom stereocenters. The van der Waals surface area contributed by atoms with Crippen molar-refractivity contribution in [1.82, 2.24) is 0 Å². The molecule has 0 radical (unpaired) electrons. The summed E-state index contributed by atoms with van der Waals surface area (Å²) in [5, 5.41) is 19.6. The van der Waals surface area contributed by atoms with Crippen molar-refractivity contribution >= 4 is 11.7 Å². The number of carboxylic acids is 1. The zero-order valence-electron chi connectivity index (χ0n) is 10.4. The summed E-state index contributed by atoms with van der Waals surface area (Å²) >= 11 is 0. The number of nitrogens with zero attached hydrogens (tertiary/aromatic N) is 1. The Labute approximate surface area is 110 Å². The van der Waals surface area contributed by atoms with E-state index in [4.69, 9.17) is 9.84 Å². The van der Waals surface area contributed by atoms with Crippen LogP contribution in [0.15, 0.2) is 18.2 Å². The molecule has 1 fully saturated rings. The zero-order valence-corrected chi connectivity index (χ0v) is 10.4. The van der Waals surface area contributed by atoms with Gasteiger partial charge in [-0.25, -0.2) is 4.79 Å². The highest BCUT2D eigenvalue weighted by molar-refractivity contribution is 5.91. The lowest BCUT2D eigenvalue weighted by atomic mass is 9.83. The van der Waals surface area contributed by atoms with Gasteiger partial charge in [0, 0.05) is 12.1 Å². The number of benzene rings is 1. The Balaban J connectivity index is 2.05. The van der Waals surface area contributed by atoms with Crippen LogP contribution in [0.1, 0.15) is 36.0 Å². The third-order valence-electron chi connectivity index (χ3n) is 3.41. The van der Waals surface area contributed by atoms with Gasteiger partial charge >= 0.3 is 5.97 Å². The van der Waals surface area contributed by atoms with Crippen molar-refractivity contribution in [3.05, 3.63) is 33.9 Å². The number of rotatable bonds is 6. The van der Waals surface area contributed by atoms with Gasteiger partial charge in [-0.1, -0.05) is 19.3 Å². The smallest absolute Gasteiger partial charge is 0.339 e. The van der Waals surface area contributed by atoms with E-state index in [0.29, 0.717) is 12.5 Å².